The highest BCUT2D eigenvalue weighted by Crippen LogP contribution is 2.32. The maximum Gasteiger partial charge on any atom is 0.417 e. The summed E-state index contributed by atoms with van der Waals surface area (Å²) in [6, 6.07) is 13.6. The Kier molecular flexibility index (Phi) is 6.54. The second-order valence-electron chi connectivity index (χ2n) is 7.06. The first-order chi connectivity index (χ1) is 15.0. The number of benzene rings is 2. The zero-order chi connectivity index (χ0) is 23.5. The van der Waals surface area contributed by atoms with Gasteiger partial charge in [-0.25, -0.2) is 13.4 Å². The number of nitrogens with zero attached hydrogens (tertiary/aromatic N) is 1. The molecule has 0 amide bonds. The zero-order valence-electron chi connectivity index (χ0n) is 17.1. The van der Waals surface area contributed by atoms with Crippen LogP contribution >= 0.6 is 0 Å². The number of anilines is 1. The smallest absolute Gasteiger partial charge is 0.417 e. The number of rotatable bonds is 7. The number of nitrogens with one attached hydrogen (secondary N) is 1. The Balaban J connectivity index is 2.00. The van der Waals surface area contributed by atoms with Crippen molar-refractivity contribution < 1.29 is 31.1 Å². The van der Waals surface area contributed by atoms with Crippen LogP contribution in [-0.2, 0) is 16.2 Å². The van der Waals surface area contributed by atoms with Crippen molar-refractivity contribution in [3.05, 3.63) is 83.6 Å². The maximum absolute atomic E-state index is 13.2. The third-order valence-electron chi connectivity index (χ3n) is 4.23. The van der Waals surface area contributed by atoms with Crippen molar-refractivity contribution >= 4 is 21.6 Å². The van der Waals surface area contributed by atoms with Crippen LogP contribution in [0.2, 0.25) is 0 Å². The number of alkyl halides is 3. The number of aromatic nitrogens is 1. The average molecular weight is 464 g/mol. The Morgan fingerprint density at radius 3 is 2.22 bits per heavy atom. The van der Waals surface area contributed by atoms with E-state index in [0.717, 1.165) is 0 Å². The van der Waals surface area contributed by atoms with Crippen LogP contribution in [0.15, 0.2) is 71.8 Å². The molecule has 1 N–H and O–H groups in total. The number of ketones is 1. The molecule has 3 rings (SSSR count). The average Bonchev–Trinajstić information content (AvgIpc) is 2.73. The molecule has 6 nitrogen and oxygen atoms in total. The van der Waals surface area contributed by atoms with Crippen molar-refractivity contribution in [2.75, 3.05) is 4.72 Å². The van der Waals surface area contributed by atoms with Gasteiger partial charge in [0.1, 0.15) is 5.75 Å². The van der Waals surface area contributed by atoms with Gasteiger partial charge < -0.3 is 4.74 Å². The van der Waals surface area contributed by atoms with Gasteiger partial charge in [0.05, 0.1) is 22.1 Å². The molecule has 0 aliphatic heterocycles. The number of hydrogen-bond acceptors (Lipinski definition) is 5. The highest BCUT2D eigenvalue weighted by atomic mass is 32.2. The molecule has 0 bridgehead atoms. The van der Waals surface area contributed by atoms with Crippen molar-refractivity contribution in [1.29, 1.82) is 0 Å². The van der Waals surface area contributed by atoms with Crippen LogP contribution in [0.5, 0.6) is 5.75 Å². The van der Waals surface area contributed by atoms with E-state index in [4.69, 9.17) is 4.74 Å². The van der Waals surface area contributed by atoms with E-state index < -0.39 is 38.9 Å². The van der Waals surface area contributed by atoms with Crippen LogP contribution in [0.1, 0.15) is 35.3 Å². The van der Waals surface area contributed by atoms with Gasteiger partial charge in [-0.1, -0.05) is 30.3 Å². The van der Waals surface area contributed by atoms with E-state index in [2.05, 4.69) is 9.71 Å². The van der Waals surface area contributed by atoms with E-state index in [1.807, 2.05) is 13.8 Å². The fourth-order valence-electron chi connectivity index (χ4n) is 2.77. The molecule has 10 heteroatoms. The molecular weight excluding hydrogens is 445 g/mol. The number of carbonyl (C=O) groups is 1. The highest BCUT2D eigenvalue weighted by molar-refractivity contribution is 7.92. The third kappa shape index (κ3) is 5.44. The standard InChI is InChI=1S/C22H19F3N2O4S/c1-14(2)31-17-8-10-18(11-9-17)32(29,30)27-21-19(12-16(13-26-21)22(23,24)25)20(28)15-6-4-3-5-7-15/h3-14H,1-2H3,(H,26,27). The molecule has 0 atom stereocenters. The van der Waals surface area contributed by atoms with Crippen molar-refractivity contribution in [2.45, 2.75) is 31.0 Å². The van der Waals surface area contributed by atoms with Crippen LogP contribution < -0.4 is 9.46 Å². The molecule has 0 unspecified atom stereocenters. The number of sulfonamides is 1. The molecule has 0 aliphatic rings. The topological polar surface area (TPSA) is 85.4 Å². The summed E-state index contributed by atoms with van der Waals surface area (Å²) in [7, 11) is -4.25. The largest absolute Gasteiger partial charge is 0.491 e. The van der Waals surface area contributed by atoms with Crippen LogP contribution in [0, 0.1) is 0 Å². The Morgan fingerprint density at radius 1 is 1.03 bits per heavy atom. The lowest BCUT2D eigenvalue weighted by molar-refractivity contribution is -0.137. The van der Waals surface area contributed by atoms with Gasteiger partial charge in [-0.15, -0.1) is 0 Å². The van der Waals surface area contributed by atoms with Crippen LogP contribution in [0.3, 0.4) is 0 Å². The molecule has 0 saturated carbocycles. The quantitative estimate of drug-likeness (QED) is 0.502. The zero-order valence-corrected chi connectivity index (χ0v) is 17.9. The molecular formula is C22H19F3N2O4S. The monoisotopic (exact) mass is 464 g/mol. The summed E-state index contributed by atoms with van der Waals surface area (Å²) >= 11 is 0. The van der Waals surface area contributed by atoms with Gasteiger partial charge in [0.2, 0.25) is 0 Å². The van der Waals surface area contributed by atoms with Gasteiger partial charge in [0.25, 0.3) is 10.0 Å². The lowest BCUT2D eigenvalue weighted by Crippen LogP contribution is -2.18. The summed E-state index contributed by atoms with van der Waals surface area (Å²) in [4.78, 5) is 16.3. The predicted molar refractivity (Wildman–Crippen MR) is 112 cm³/mol. The number of carbonyl (C=O) groups excluding carboxylic acids is 1. The molecule has 0 fully saturated rings. The molecule has 168 valence electrons. The van der Waals surface area contributed by atoms with Gasteiger partial charge in [0, 0.05) is 11.8 Å². The van der Waals surface area contributed by atoms with Crippen molar-refractivity contribution in [1.82, 2.24) is 4.98 Å². The Hall–Kier alpha value is -3.40. The Labute approximate surface area is 183 Å². The van der Waals surface area contributed by atoms with E-state index in [1.165, 1.54) is 36.4 Å². The van der Waals surface area contributed by atoms with Crippen molar-refractivity contribution in [3.63, 3.8) is 0 Å². The second-order valence-corrected chi connectivity index (χ2v) is 8.74. The van der Waals surface area contributed by atoms with E-state index >= 15 is 0 Å². The number of pyridine rings is 1. The Morgan fingerprint density at radius 2 is 1.66 bits per heavy atom. The summed E-state index contributed by atoms with van der Waals surface area (Å²) in [5.74, 6) is -0.858. The molecule has 0 saturated heterocycles. The summed E-state index contributed by atoms with van der Waals surface area (Å²) in [5, 5.41) is 0. The minimum absolute atomic E-state index is 0.0873. The molecule has 0 spiro atoms. The molecule has 3 aromatic rings. The van der Waals surface area contributed by atoms with E-state index in [0.29, 0.717) is 18.0 Å². The lowest BCUT2D eigenvalue weighted by Gasteiger charge is -2.14. The lowest BCUT2D eigenvalue weighted by atomic mass is 10.0. The van der Waals surface area contributed by atoms with Gasteiger partial charge in [-0.3, -0.25) is 9.52 Å². The molecule has 2 aromatic carbocycles. The fraction of sp³-hybridized carbons (Fsp3) is 0.182. The van der Waals surface area contributed by atoms with Crippen LogP contribution in [-0.4, -0.2) is 25.3 Å². The molecule has 0 aliphatic carbocycles. The van der Waals surface area contributed by atoms with Gasteiger partial charge in [-0.2, -0.15) is 13.2 Å². The molecule has 32 heavy (non-hydrogen) atoms. The highest BCUT2D eigenvalue weighted by Gasteiger charge is 2.33. The van der Waals surface area contributed by atoms with Crippen molar-refractivity contribution in [3.8, 4) is 5.75 Å². The van der Waals surface area contributed by atoms with E-state index in [9.17, 15) is 26.4 Å². The predicted octanol–water partition coefficient (Wildman–Crippen LogP) is 4.92. The molecule has 1 heterocycles. The summed E-state index contributed by atoms with van der Waals surface area (Å²) in [6.07, 6.45) is -4.40. The number of ether oxygens (including phenoxy) is 1. The van der Waals surface area contributed by atoms with Crippen molar-refractivity contribution in [2.24, 2.45) is 0 Å². The molecule has 1 aromatic heterocycles. The fourth-order valence-corrected chi connectivity index (χ4v) is 3.80. The first-order valence-electron chi connectivity index (χ1n) is 9.44. The second kappa shape index (κ2) is 8.99. The summed E-state index contributed by atoms with van der Waals surface area (Å²) in [6.45, 7) is 3.63. The summed E-state index contributed by atoms with van der Waals surface area (Å²) in [5.41, 5.74) is -1.60. The molecule has 0 radical (unpaired) electrons. The van der Waals surface area contributed by atoms with Gasteiger partial charge >= 0.3 is 6.18 Å². The first kappa shape index (κ1) is 23.3. The number of halogens is 3. The minimum Gasteiger partial charge on any atom is -0.491 e. The maximum atomic E-state index is 13.2. The normalized spacial score (nSPS) is 11.9. The van der Waals surface area contributed by atoms with Gasteiger partial charge in [0.15, 0.2) is 11.6 Å². The van der Waals surface area contributed by atoms with Gasteiger partial charge in [-0.05, 0) is 44.2 Å². The van der Waals surface area contributed by atoms with E-state index in [-0.39, 0.29) is 16.6 Å². The SMILES string of the molecule is CC(C)Oc1ccc(S(=O)(=O)Nc2ncc(C(F)(F)F)cc2C(=O)c2ccccc2)cc1. The van der Waals surface area contributed by atoms with E-state index in [1.54, 1.807) is 18.2 Å². The van der Waals surface area contributed by atoms with Crippen LogP contribution in [0.25, 0.3) is 0 Å². The number of hydrogen-bond donors (Lipinski definition) is 1. The Bertz CT molecular complexity index is 1210. The summed E-state index contributed by atoms with van der Waals surface area (Å²) < 4.78 is 72.8. The first-order valence-corrected chi connectivity index (χ1v) is 10.9. The minimum atomic E-state index is -4.76. The van der Waals surface area contributed by atoms with Crippen LogP contribution in [0.4, 0.5) is 19.0 Å². The third-order valence-corrected chi connectivity index (χ3v) is 5.59.